The van der Waals surface area contributed by atoms with Gasteiger partial charge in [0, 0.05) is 25.2 Å². The van der Waals surface area contributed by atoms with Crippen molar-refractivity contribution < 1.29 is 4.79 Å². The van der Waals surface area contributed by atoms with E-state index in [0.717, 1.165) is 26.1 Å². The van der Waals surface area contributed by atoms with Gasteiger partial charge in [0.2, 0.25) is 5.91 Å². The Labute approximate surface area is 98.6 Å². The highest BCUT2D eigenvalue weighted by atomic mass is 16.2. The number of nitrogens with two attached hydrogens (primary N) is 1. The molecule has 0 aromatic heterocycles. The first-order chi connectivity index (χ1) is 7.46. The van der Waals surface area contributed by atoms with E-state index in [1.54, 1.807) is 0 Å². The third-order valence-corrected chi connectivity index (χ3v) is 3.14. The third kappa shape index (κ3) is 3.76. The largest absolute Gasteiger partial charge is 0.355 e. The smallest absolute Gasteiger partial charge is 0.237 e. The molecule has 4 nitrogen and oxygen atoms in total. The maximum absolute atomic E-state index is 11.8. The van der Waals surface area contributed by atoms with Crippen molar-refractivity contribution in [3.63, 3.8) is 0 Å². The molecule has 0 bridgehead atoms. The minimum Gasteiger partial charge on any atom is -0.355 e. The van der Waals surface area contributed by atoms with E-state index in [-0.39, 0.29) is 17.5 Å². The van der Waals surface area contributed by atoms with Crippen LogP contribution in [0.3, 0.4) is 0 Å². The van der Waals surface area contributed by atoms with Crippen molar-refractivity contribution in [2.45, 2.75) is 51.6 Å². The van der Waals surface area contributed by atoms with Crippen LogP contribution in [0.1, 0.15) is 40.0 Å². The van der Waals surface area contributed by atoms with E-state index in [0.29, 0.717) is 0 Å². The molecule has 0 aliphatic carbocycles. The Kier molecular flexibility index (Phi) is 4.74. The van der Waals surface area contributed by atoms with Gasteiger partial charge < -0.3 is 11.1 Å². The topological polar surface area (TPSA) is 58.4 Å². The van der Waals surface area contributed by atoms with E-state index in [2.05, 4.69) is 17.1 Å². The zero-order valence-electron chi connectivity index (χ0n) is 10.8. The van der Waals surface area contributed by atoms with Crippen molar-refractivity contribution in [1.29, 1.82) is 0 Å². The second-order valence-corrected chi connectivity index (χ2v) is 5.23. The van der Waals surface area contributed by atoms with Crippen LogP contribution in [-0.4, -0.2) is 42.0 Å². The van der Waals surface area contributed by atoms with Gasteiger partial charge in [-0.05, 0) is 20.3 Å². The molecule has 16 heavy (non-hydrogen) atoms. The maximum atomic E-state index is 11.8. The monoisotopic (exact) mass is 227 g/mol. The molecule has 1 aliphatic heterocycles. The number of nitrogens with one attached hydrogen (secondary N) is 1. The summed E-state index contributed by atoms with van der Waals surface area (Å²) in [6, 6.07) is -0.0433. The molecule has 1 heterocycles. The van der Waals surface area contributed by atoms with Crippen LogP contribution in [0.5, 0.6) is 0 Å². The fraction of sp³-hybridized carbons (Fsp3) is 0.917. The molecule has 0 aromatic carbocycles. The van der Waals surface area contributed by atoms with E-state index in [4.69, 9.17) is 5.73 Å². The van der Waals surface area contributed by atoms with Gasteiger partial charge in [-0.1, -0.05) is 19.8 Å². The van der Waals surface area contributed by atoms with Gasteiger partial charge in [-0.25, -0.2) is 0 Å². The molecule has 1 rings (SSSR count). The first kappa shape index (κ1) is 13.5. The maximum Gasteiger partial charge on any atom is 0.237 e. The molecule has 1 amide bonds. The predicted octanol–water partition coefficient (Wildman–Crippen LogP) is 0.714. The van der Waals surface area contributed by atoms with Gasteiger partial charge in [-0.15, -0.1) is 0 Å². The van der Waals surface area contributed by atoms with Crippen LogP contribution in [0.15, 0.2) is 0 Å². The van der Waals surface area contributed by atoms with E-state index in [9.17, 15) is 4.79 Å². The van der Waals surface area contributed by atoms with Gasteiger partial charge in [0.05, 0.1) is 6.04 Å². The first-order valence-electron chi connectivity index (χ1n) is 6.27. The second kappa shape index (κ2) is 5.64. The molecule has 0 aromatic rings. The van der Waals surface area contributed by atoms with Crippen LogP contribution in [0, 0.1) is 0 Å². The summed E-state index contributed by atoms with van der Waals surface area (Å²) in [6.07, 6.45) is 3.44. The van der Waals surface area contributed by atoms with Gasteiger partial charge >= 0.3 is 0 Å². The standard InChI is InChI=1S/C12H25N3O/c1-4-5-6-7-14-11(16)10(2)15-8-12(3,13)9-15/h10H,4-9,13H2,1-3H3,(H,14,16). The molecule has 1 fully saturated rings. The number of carbonyl (C=O) groups excluding carboxylic acids is 1. The zero-order valence-corrected chi connectivity index (χ0v) is 10.8. The van der Waals surface area contributed by atoms with Gasteiger partial charge in [-0.3, -0.25) is 9.69 Å². The van der Waals surface area contributed by atoms with Gasteiger partial charge in [0.25, 0.3) is 0 Å². The van der Waals surface area contributed by atoms with Crippen LogP contribution in [-0.2, 0) is 4.79 Å². The molecule has 1 atom stereocenters. The van der Waals surface area contributed by atoms with Crippen LogP contribution in [0.25, 0.3) is 0 Å². The number of hydrogen-bond acceptors (Lipinski definition) is 3. The summed E-state index contributed by atoms with van der Waals surface area (Å²) in [5.74, 6) is 0.131. The number of hydrogen-bond donors (Lipinski definition) is 2. The fourth-order valence-corrected chi connectivity index (χ4v) is 2.06. The molecule has 1 aliphatic rings. The predicted molar refractivity (Wildman–Crippen MR) is 66.2 cm³/mol. The first-order valence-corrected chi connectivity index (χ1v) is 6.27. The second-order valence-electron chi connectivity index (χ2n) is 5.23. The summed E-state index contributed by atoms with van der Waals surface area (Å²) in [6.45, 7) is 8.56. The molecule has 0 radical (unpaired) electrons. The van der Waals surface area contributed by atoms with E-state index >= 15 is 0 Å². The Bertz CT molecular complexity index is 232. The molecule has 1 unspecified atom stereocenters. The van der Waals surface area contributed by atoms with Gasteiger partial charge in [0.1, 0.15) is 0 Å². The summed E-state index contributed by atoms with van der Waals surface area (Å²) in [7, 11) is 0. The summed E-state index contributed by atoms with van der Waals surface area (Å²) < 4.78 is 0. The van der Waals surface area contributed by atoms with Gasteiger partial charge in [0.15, 0.2) is 0 Å². The van der Waals surface area contributed by atoms with Crippen LogP contribution in [0.4, 0.5) is 0 Å². The van der Waals surface area contributed by atoms with Crippen LogP contribution >= 0.6 is 0 Å². The van der Waals surface area contributed by atoms with Gasteiger partial charge in [-0.2, -0.15) is 0 Å². The molecule has 4 heteroatoms. The Hall–Kier alpha value is -0.610. The lowest BCUT2D eigenvalue weighted by Gasteiger charge is -2.47. The highest BCUT2D eigenvalue weighted by molar-refractivity contribution is 5.81. The number of rotatable bonds is 6. The Balaban J connectivity index is 2.17. The van der Waals surface area contributed by atoms with E-state index < -0.39 is 0 Å². The Morgan fingerprint density at radius 2 is 2.12 bits per heavy atom. The Morgan fingerprint density at radius 3 is 2.62 bits per heavy atom. The quantitative estimate of drug-likeness (QED) is 0.657. The molecule has 3 N–H and O–H groups in total. The SMILES string of the molecule is CCCCCNC(=O)C(C)N1CC(C)(N)C1. The zero-order chi connectivity index (χ0) is 12.2. The normalized spacial score (nSPS) is 21.2. The molecular weight excluding hydrogens is 202 g/mol. The summed E-state index contributed by atoms with van der Waals surface area (Å²) in [4.78, 5) is 13.9. The number of nitrogens with zero attached hydrogens (tertiary/aromatic N) is 1. The average Bonchev–Trinajstić information content (AvgIpc) is 2.19. The molecule has 1 saturated heterocycles. The Morgan fingerprint density at radius 1 is 1.50 bits per heavy atom. The molecule has 94 valence electrons. The number of unbranched alkanes of at least 4 members (excludes halogenated alkanes) is 2. The van der Waals surface area contributed by atoms with E-state index in [1.165, 1.54) is 12.8 Å². The lowest BCUT2D eigenvalue weighted by atomic mass is 9.92. The third-order valence-electron chi connectivity index (χ3n) is 3.14. The van der Waals surface area contributed by atoms with Crippen molar-refractivity contribution in [3.05, 3.63) is 0 Å². The number of likely N-dealkylation sites (tertiary alicyclic amines) is 1. The molecule has 0 saturated carbocycles. The van der Waals surface area contributed by atoms with Crippen molar-refractivity contribution in [2.24, 2.45) is 5.73 Å². The minimum absolute atomic E-state index is 0.0433. The lowest BCUT2D eigenvalue weighted by molar-refractivity contribution is -0.128. The summed E-state index contributed by atoms with van der Waals surface area (Å²) >= 11 is 0. The highest BCUT2D eigenvalue weighted by Crippen LogP contribution is 2.19. The van der Waals surface area contributed by atoms with Crippen molar-refractivity contribution >= 4 is 5.91 Å². The summed E-state index contributed by atoms with van der Waals surface area (Å²) in [5.41, 5.74) is 5.82. The van der Waals surface area contributed by atoms with Crippen molar-refractivity contribution in [2.75, 3.05) is 19.6 Å². The van der Waals surface area contributed by atoms with Crippen LogP contribution in [0.2, 0.25) is 0 Å². The summed E-state index contributed by atoms with van der Waals surface area (Å²) in [5, 5.41) is 2.97. The molecular formula is C12H25N3O. The average molecular weight is 227 g/mol. The highest BCUT2D eigenvalue weighted by Gasteiger charge is 2.39. The van der Waals surface area contributed by atoms with Crippen molar-refractivity contribution in [1.82, 2.24) is 10.2 Å². The number of amides is 1. The fourth-order valence-electron chi connectivity index (χ4n) is 2.06. The molecule has 0 spiro atoms. The number of carbonyl (C=O) groups is 1. The van der Waals surface area contributed by atoms with E-state index in [1.807, 2.05) is 13.8 Å². The van der Waals surface area contributed by atoms with Crippen LogP contribution < -0.4 is 11.1 Å². The lowest BCUT2D eigenvalue weighted by Crippen LogP contribution is -2.69. The minimum atomic E-state index is -0.100. The van der Waals surface area contributed by atoms with Crippen molar-refractivity contribution in [3.8, 4) is 0 Å².